The van der Waals surface area contributed by atoms with Gasteiger partial charge in [-0.3, -0.25) is 0 Å². The molecule has 1 nitrogen and oxygen atoms in total. The largest absolute Gasteiger partial charge is 0.386 e. The molecule has 1 atom stereocenters. The van der Waals surface area contributed by atoms with Crippen LogP contribution in [0.15, 0.2) is 11.8 Å². The van der Waals surface area contributed by atoms with Gasteiger partial charge in [0.15, 0.2) is 0 Å². The standard InChI is InChI=1S/C8H13N/c1-3-7-5-2-6-8(4-1)9-7/h3,8-9H,1-2,4-6H2. The second-order valence-corrected chi connectivity index (χ2v) is 3.04. The van der Waals surface area contributed by atoms with Crippen molar-refractivity contribution in [2.24, 2.45) is 0 Å². The second kappa shape index (κ2) is 2.05. The van der Waals surface area contributed by atoms with E-state index < -0.39 is 0 Å². The molecule has 1 heteroatoms. The summed E-state index contributed by atoms with van der Waals surface area (Å²) < 4.78 is 0. The Hall–Kier alpha value is -0.460. The van der Waals surface area contributed by atoms with Crippen molar-refractivity contribution in [2.75, 3.05) is 0 Å². The van der Waals surface area contributed by atoms with E-state index in [-0.39, 0.29) is 0 Å². The smallest absolute Gasteiger partial charge is 0.0261 e. The highest BCUT2D eigenvalue weighted by Crippen LogP contribution is 2.23. The van der Waals surface area contributed by atoms with Gasteiger partial charge in [-0.15, -0.1) is 0 Å². The number of nitrogens with one attached hydrogen (secondary N) is 1. The van der Waals surface area contributed by atoms with E-state index in [0.717, 1.165) is 6.04 Å². The van der Waals surface area contributed by atoms with E-state index in [1.807, 2.05) is 0 Å². The van der Waals surface area contributed by atoms with Crippen LogP contribution in [-0.4, -0.2) is 6.04 Å². The normalized spacial score (nSPS) is 32.9. The van der Waals surface area contributed by atoms with Crippen LogP contribution in [0.2, 0.25) is 0 Å². The molecule has 0 saturated carbocycles. The molecule has 0 amide bonds. The summed E-state index contributed by atoms with van der Waals surface area (Å²) >= 11 is 0. The molecule has 0 aromatic heterocycles. The molecule has 0 spiro atoms. The number of fused-ring (bicyclic) bond motifs is 2. The van der Waals surface area contributed by atoms with Crippen molar-refractivity contribution in [3.05, 3.63) is 11.8 Å². The van der Waals surface area contributed by atoms with Crippen molar-refractivity contribution in [2.45, 2.75) is 38.1 Å². The summed E-state index contributed by atoms with van der Waals surface area (Å²) in [6, 6.07) is 0.832. The van der Waals surface area contributed by atoms with Gasteiger partial charge in [-0.2, -0.15) is 0 Å². The molecule has 0 aromatic rings. The lowest BCUT2D eigenvalue weighted by Gasteiger charge is -2.30. The fourth-order valence-electron chi connectivity index (χ4n) is 1.78. The fourth-order valence-corrected chi connectivity index (χ4v) is 1.78. The van der Waals surface area contributed by atoms with Gasteiger partial charge in [0.1, 0.15) is 0 Å². The summed E-state index contributed by atoms with van der Waals surface area (Å²) in [5.41, 5.74) is 1.51. The van der Waals surface area contributed by atoms with Gasteiger partial charge in [0, 0.05) is 11.7 Å². The average molecular weight is 123 g/mol. The molecule has 2 rings (SSSR count). The van der Waals surface area contributed by atoms with Gasteiger partial charge in [-0.1, -0.05) is 6.08 Å². The Morgan fingerprint density at radius 1 is 1.44 bits per heavy atom. The second-order valence-electron chi connectivity index (χ2n) is 3.04. The predicted octanol–water partition coefficient (Wildman–Crippen LogP) is 1.81. The van der Waals surface area contributed by atoms with E-state index >= 15 is 0 Å². The minimum Gasteiger partial charge on any atom is -0.386 e. The van der Waals surface area contributed by atoms with Crippen LogP contribution in [0, 0.1) is 0 Å². The summed E-state index contributed by atoms with van der Waals surface area (Å²) in [6.45, 7) is 0. The van der Waals surface area contributed by atoms with E-state index in [9.17, 15) is 0 Å². The number of allylic oxidation sites excluding steroid dienone is 2. The van der Waals surface area contributed by atoms with Crippen molar-refractivity contribution in [1.82, 2.24) is 5.32 Å². The van der Waals surface area contributed by atoms with E-state index in [0.29, 0.717) is 0 Å². The summed E-state index contributed by atoms with van der Waals surface area (Å²) in [5, 5.41) is 3.51. The monoisotopic (exact) mass is 123 g/mol. The first-order chi connectivity index (χ1) is 4.45. The van der Waals surface area contributed by atoms with Gasteiger partial charge >= 0.3 is 0 Å². The summed E-state index contributed by atoms with van der Waals surface area (Å²) in [7, 11) is 0. The average Bonchev–Trinajstić information content (AvgIpc) is 1.88. The van der Waals surface area contributed by atoms with Crippen molar-refractivity contribution in [3.8, 4) is 0 Å². The third kappa shape index (κ3) is 0.958. The van der Waals surface area contributed by atoms with Crippen molar-refractivity contribution in [1.29, 1.82) is 0 Å². The maximum atomic E-state index is 3.51. The number of rotatable bonds is 0. The lowest BCUT2D eigenvalue weighted by molar-refractivity contribution is 0.407. The topological polar surface area (TPSA) is 12.0 Å². The summed E-state index contributed by atoms with van der Waals surface area (Å²) in [5.74, 6) is 0. The zero-order valence-corrected chi connectivity index (χ0v) is 5.69. The maximum absolute atomic E-state index is 3.51. The summed E-state index contributed by atoms with van der Waals surface area (Å²) in [4.78, 5) is 0. The zero-order chi connectivity index (χ0) is 6.10. The Labute approximate surface area is 56.1 Å². The highest BCUT2D eigenvalue weighted by atomic mass is 14.9. The zero-order valence-electron chi connectivity index (χ0n) is 5.69. The molecular weight excluding hydrogens is 110 g/mol. The Kier molecular flexibility index (Phi) is 1.22. The molecule has 2 bridgehead atoms. The van der Waals surface area contributed by atoms with Crippen LogP contribution in [0.5, 0.6) is 0 Å². The fraction of sp³-hybridized carbons (Fsp3) is 0.750. The van der Waals surface area contributed by atoms with Crippen LogP contribution in [0.3, 0.4) is 0 Å². The number of piperidine rings is 1. The van der Waals surface area contributed by atoms with Crippen LogP contribution in [0.25, 0.3) is 0 Å². The van der Waals surface area contributed by atoms with Crippen LogP contribution < -0.4 is 5.32 Å². The molecule has 2 aliphatic heterocycles. The number of hydrogen-bond acceptors (Lipinski definition) is 1. The Balaban J connectivity index is 2.13. The summed E-state index contributed by atoms with van der Waals surface area (Å²) in [6.07, 6.45) is 9.14. The molecule has 1 saturated heterocycles. The molecule has 1 fully saturated rings. The van der Waals surface area contributed by atoms with Crippen LogP contribution in [0.1, 0.15) is 32.1 Å². The molecule has 0 aromatic carbocycles. The molecule has 9 heavy (non-hydrogen) atoms. The van der Waals surface area contributed by atoms with Gasteiger partial charge < -0.3 is 5.32 Å². The van der Waals surface area contributed by atoms with Crippen molar-refractivity contribution >= 4 is 0 Å². The predicted molar refractivity (Wildman–Crippen MR) is 38.1 cm³/mol. The van der Waals surface area contributed by atoms with Crippen molar-refractivity contribution < 1.29 is 0 Å². The minimum absolute atomic E-state index is 0.832. The van der Waals surface area contributed by atoms with E-state index in [2.05, 4.69) is 11.4 Å². The van der Waals surface area contributed by atoms with Crippen molar-refractivity contribution in [3.63, 3.8) is 0 Å². The quantitative estimate of drug-likeness (QED) is 0.518. The lowest BCUT2D eigenvalue weighted by atomic mass is 9.94. The molecule has 1 N–H and O–H groups in total. The van der Waals surface area contributed by atoms with Crippen LogP contribution >= 0.6 is 0 Å². The van der Waals surface area contributed by atoms with E-state index in [1.165, 1.54) is 37.8 Å². The molecule has 1 unspecified atom stereocenters. The maximum Gasteiger partial charge on any atom is 0.0261 e. The molecular formula is C8H13N. The van der Waals surface area contributed by atoms with Gasteiger partial charge in [0.05, 0.1) is 0 Å². The SMILES string of the molecule is C1=C2CCCC(CC1)N2. The first kappa shape index (κ1) is 5.33. The van der Waals surface area contributed by atoms with Gasteiger partial charge in [0.2, 0.25) is 0 Å². The third-order valence-corrected chi connectivity index (χ3v) is 2.29. The van der Waals surface area contributed by atoms with Gasteiger partial charge in [-0.25, -0.2) is 0 Å². The Morgan fingerprint density at radius 3 is 3.22 bits per heavy atom. The van der Waals surface area contributed by atoms with E-state index in [4.69, 9.17) is 0 Å². The van der Waals surface area contributed by atoms with Gasteiger partial charge in [0.25, 0.3) is 0 Å². The Morgan fingerprint density at radius 2 is 2.44 bits per heavy atom. The third-order valence-electron chi connectivity index (χ3n) is 2.29. The van der Waals surface area contributed by atoms with Crippen LogP contribution in [-0.2, 0) is 0 Å². The Bertz CT molecular complexity index is 138. The molecule has 2 aliphatic rings. The minimum atomic E-state index is 0.832. The molecule has 0 aliphatic carbocycles. The highest BCUT2D eigenvalue weighted by Gasteiger charge is 2.17. The highest BCUT2D eigenvalue weighted by molar-refractivity contribution is 5.08. The molecule has 2 heterocycles. The number of hydrogen-bond donors (Lipinski definition) is 1. The van der Waals surface area contributed by atoms with Gasteiger partial charge in [-0.05, 0) is 32.1 Å². The first-order valence-corrected chi connectivity index (χ1v) is 3.91. The lowest BCUT2D eigenvalue weighted by Crippen LogP contribution is -2.34. The van der Waals surface area contributed by atoms with E-state index in [1.54, 1.807) is 0 Å². The van der Waals surface area contributed by atoms with Crippen LogP contribution in [0.4, 0.5) is 0 Å². The molecule has 50 valence electrons. The first-order valence-electron chi connectivity index (χ1n) is 3.91. The molecule has 0 radical (unpaired) electrons.